The lowest BCUT2D eigenvalue weighted by atomic mass is 10.1. The lowest BCUT2D eigenvalue weighted by Gasteiger charge is -2.31. The van der Waals surface area contributed by atoms with Crippen LogP contribution in [0.3, 0.4) is 0 Å². The van der Waals surface area contributed by atoms with Gasteiger partial charge in [0.1, 0.15) is 11.8 Å². The number of halogens is 3. The number of amides is 2. The van der Waals surface area contributed by atoms with Gasteiger partial charge >= 0.3 is 0 Å². The molecule has 0 unspecified atom stereocenters. The largest absolute Gasteiger partial charge is 0.495 e. The van der Waals surface area contributed by atoms with E-state index in [1.165, 1.54) is 22.4 Å². The molecule has 0 bridgehead atoms. The van der Waals surface area contributed by atoms with Crippen molar-refractivity contribution in [1.82, 2.24) is 10.2 Å². The van der Waals surface area contributed by atoms with Gasteiger partial charge < -0.3 is 15.0 Å². The molecule has 0 spiro atoms. The third-order valence-corrected chi connectivity index (χ3v) is 8.08. The number of carbonyl (C=O) groups is 2. The Morgan fingerprint density at radius 3 is 2.28 bits per heavy atom. The summed E-state index contributed by atoms with van der Waals surface area (Å²) in [7, 11) is -2.20. The minimum Gasteiger partial charge on any atom is -0.495 e. The first-order valence-electron chi connectivity index (χ1n) is 12.6. The molecule has 0 aliphatic heterocycles. The third kappa shape index (κ3) is 9.74. The number of rotatable bonds is 14. The van der Waals surface area contributed by atoms with Crippen LogP contribution in [0.1, 0.15) is 45.6 Å². The monoisotopic (exact) mass is 619 g/mol. The summed E-state index contributed by atoms with van der Waals surface area (Å²) in [4.78, 5) is 28.1. The Labute approximate surface area is 246 Å². The van der Waals surface area contributed by atoms with Crippen LogP contribution >= 0.6 is 34.8 Å². The molecule has 1 N–H and O–H groups in total. The van der Waals surface area contributed by atoms with E-state index < -0.39 is 16.1 Å². The van der Waals surface area contributed by atoms with Crippen LogP contribution < -0.4 is 14.4 Å². The molecule has 216 valence electrons. The fraction of sp³-hybridized carbons (Fsp3) is 0.481. The smallest absolute Gasteiger partial charge is 0.242 e. The second-order valence-electron chi connectivity index (χ2n) is 9.58. The van der Waals surface area contributed by atoms with Crippen molar-refractivity contribution in [1.29, 1.82) is 0 Å². The van der Waals surface area contributed by atoms with Gasteiger partial charge in [-0.1, -0.05) is 61.6 Å². The first kappa shape index (κ1) is 33.0. The van der Waals surface area contributed by atoms with Gasteiger partial charge in [-0.25, -0.2) is 8.42 Å². The van der Waals surface area contributed by atoms with Crippen molar-refractivity contribution in [2.24, 2.45) is 5.92 Å². The van der Waals surface area contributed by atoms with E-state index in [-0.39, 0.29) is 48.7 Å². The SMILES string of the molecule is CC[C@H](C(=O)NCC(C)C)N(Cc1ccc(Cl)cc1Cl)C(=O)CCCN(c1ccc(OC)c(Cl)c1)S(C)(=O)=O. The number of anilines is 1. The Balaban J connectivity index is 2.27. The normalized spacial score (nSPS) is 12.2. The van der Waals surface area contributed by atoms with E-state index in [9.17, 15) is 18.0 Å². The highest BCUT2D eigenvalue weighted by Gasteiger charge is 2.29. The highest BCUT2D eigenvalue weighted by molar-refractivity contribution is 7.92. The Morgan fingerprint density at radius 1 is 1.05 bits per heavy atom. The second-order valence-corrected chi connectivity index (χ2v) is 12.7. The molecule has 0 saturated carbocycles. The van der Waals surface area contributed by atoms with Crippen LogP contribution in [-0.2, 0) is 26.2 Å². The van der Waals surface area contributed by atoms with Crippen molar-refractivity contribution in [3.05, 3.63) is 57.0 Å². The average molecular weight is 621 g/mol. The van der Waals surface area contributed by atoms with E-state index in [4.69, 9.17) is 39.5 Å². The maximum Gasteiger partial charge on any atom is 0.242 e. The third-order valence-electron chi connectivity index (χ3n) is 6.00. The fourth-order valence-corrected chi connectivity index (χ4v) is 5.67. The van der Waals surface area contributed by atoms with Crippen LogP contribution in [0.5, 0.6) is 5.75 Å². The Morgan fingerprint density at radius 2 is 1.74 bits per heavy atom. The Kier molecular flexibility index (Phi) is 12.7. The van der Waals surface area contributed by atoms with Crippen molar-refractivity contribution in [3.8, 4) is 5.75 Å². The van der Waals surface area contributed by atoms with E-state index in [1.807, 2.05) is 20.8 Å². The van der Waals surface area contributed by atoms with Crippen LogP contribution in [0, 0.1) is 5.92 Å². The topological polar surface area (TPSA) is 96.0 Å². The summed E-state index contributed by atoms with van der Waals surface area (Å²) >= 11 is 18.6. The van der Waals surface area contributed by atoms with Gasteiger partial charge in [-0.2, -0.15) is 0 Å². The highest BCUT2D eigenvalue weighted by Crippen LogP contribution is 2.30. The number of nitrogens with one attached hydrogen (secondary N) is 1. The summed E-state index contributed by atoms with van der Waals surface area (Å²) in [6.07, 6.45) is 1.70. The minimum atomic E-state index is -3.67. The average Bonchev–Trinajstić information content (AvgIpc) is 2.85. The first-order chi connectivity index (χ1) is 18.3. The second kappa shape index (κ2) is 15.0. The molecular formula is C27H36Cl3N3O5S. The van der Waals surface area contributed by atoms with Crippen LogP contribution in [0.2, 0.25) is 15.1 Å². The lowest BCUT2D eigenvalue weighted by molar-refractivity contribution is -0.141. The molecule has 0 aromatic heterocycles. The van der Waals surface area contributed by atoms with Gasteiger partial charge in [0.25, 0.3) is 0 Å². The predicted octanol–water partition coefficient (Wildman–Crippen LogP) is 5.78. The van der Waals surface area contributed by atoms with E-state index in [0.717, 1.165) is 6.26 Å². The standard InChI is InChI=1S/C27H36Cl3N3O5S/c1-6-24(27(35)31-16-18(2)3)32(17-19-9-10-20(28)14-22(19)29)26(34)8-7-13-33(39(5,36)37)21-11-12-25(38-4)23(30)15-21/h9-12,14-15,18,24H,6-8,13,16-17H2,1-5H3,(H,31,35)/t24-/m1/s1. The molecule has 12 heteroatoms. The zero-order valence-electron chi connectivity index (χ0n) is 22.8. The molecule has 0 saturated heterocycles. The molecule has 39 heavy (non-hydrogen) atoms. The number of hydrogen-bond donors (Lipinski definition) is 1. The molecule has 0 fully saturated rings. The van der Waals surface area contributed by atoms with Crippen molar-refractivity contribution >= 4 is 62.3 Å². The lowest BCUT2D eigenvalue weighted by Crippen LogP contribution is -2.49. The number of nitrogens with zero attached hydrogens (tertiary/aromatic N) is 2. The van der Waals surface area contributed by atoms with E-state index in [2.05, 4.69) is 5.32 Å². The van der Waals surface area contributed by atoms with E-state index in [1.54, 1.807) is 30.3 Å². The quantitative estimate of drug-likeness (QED) is 0.289. The molecule has 2 aromatic carbocycles. The molecule has 1 atom stereocenters. The molecule has 0 aliphatic rings. The molecule has 2 rings (SSSR count). The molecule has 2 aromatic rings. The van der Waals surface area contributed by atoms with Gasteiger partial charge in [-0.15, -0.1) is 0 Å². The van der Waals surface area contributed by atoms with Crippen molar-refractivity contribution in [3.63, 3.8) is 0 Å². The molecule has 0 radical (unpaired) electrons. The number of carbonyl (C=O) groups excluding carboxylic acids is 2. The van der Waals surface area contributed by atoms with E-state index >= 15 is 0 Å². The van der Waals surface area contributed by atoms with E-state index in [0.29, 0.717) is 40.0 Å². The number of benzene rings is 2. The van der Waals surface area contributed by atoms with Gasteiger partial charge in [-0.3, -0.25) is 13.9 Å². The van der Waals surface area contributed by atoms with Gasteiger partial charge in [0.15, 0.2) is 0 Å². The van der Waals surface area contributed by atoms with Gasteiger partial charge in [0.2, 0.25) is 21.8 Å². The number of sulfonamides is 1. The Bertz CT molecular complexity index is 1260. The highest BCUT2D eigenvalue weighted by atomic mass is 35.5. The number of ether oxygens (including phenoxy) is 1. The van der Waals surface area contributed by atoms with Crippen molar-refractivity contribution in [2.75, 3.05) is 30.8 Å². The molecule has 0 aliphatic carbocycles. The molecule has 8 nitrogen and oxygen atoms in total. The Hall–Kier alpha value is -2.20. The fourth-order valence-electron chi connectivity index (χ4n) is 3.99. The van der Waals surface area contributed by atoms with Crippen molar-refractivity contribution < 1.29 is 22.7 Å². The zero-order chi connectivity index (χ0) is 29.3. The van der Waals surface area contributed by atoms with Crippen LogP contribution in [0.4, 0.5) is 5.69 Å². The maximum absolute atomic E-state index is 13.5. The van der Waals surface area contributed by atoms with Gasteiger partial charge in [-0.05, 0) is 54.7 Å². The van der Waals surface area contributed by atoms with Crippen molar-refractivity contribution in [2.45, 2.75) is 52.6 Å². The van der Waals surface area contributed by atoms with Gasteiger partial charge in [0, 0.05) is 36.1 Å². The zero-order valence-corrected chi connectivity index (χ0v) is 25.9. The summed E-state index contributed by atoms with van der Waals surface area (Å²) in [5.74, 6) is 0.112. The van der Waals surface area contributed by atoms with Crippen LogP contribution in [-0.4, -0.2) is 57.6 Å². The summed E-state index contributed by atoms with van der Waals surface area (Å²) in [5, 5.41) is 4.03. The minimum absolute atomic E-state index is 0.00900. The van der Waals surface area contributed by atoms with Crippen LogP contribution in [0.25, 0.3) is 0 Å². The molecule has 2 amide bonds. The first-order valence-corrected chi connectivity index (χ1v) is 15.6. The number of hydrogen-bond acceptors (Lipinski definition) is 5. The maximum atomic E-state index is 13.5. The summed E-state index contributed by atoms with van der Waals surface area (Å²) in [6.45, 7) is 6.43. The molecular weight excluding hydrogens is 585 g/mol. The summed E-state index contributed by atoms with van der Waals surface area (Å²) in [5.41, 5.74) is 1.01. The molecule has 0 heterocycles. The van der Waals surface area contributed by atoms with Crippen LogP contribution in [0.15, 0.2) is 36.4 Å². The van der Waals surface area contributed by atoms with Gasteiger partial charge in [0.05, 0.1) is 24.1 Å². The summed E-state index contributed by atoms with van der Waals surface area (Å²) < 4.78 is 31.5. The predicted molar refractivity (Wildman–Crippen MR) is 158 cm³/mol. The summed E-state index contributed by atoms with van der Waals surface area (Å²) in [6, 6.07) is 8.94. The number of methoxy groups -OCH3 is 1.